The summed E-state index contributed by atoms with van der Waals surface area (Å²) in [5.74, 6) is 0. The van der Waals surface area contributed by atoms with Gasteiger partial charge in [0.1, 0.15) is 31.8 Å². The number of thiocarbonyl (C=S) groups is 4. The summed E-state index contributed by atoms with van der Waals surface area (Å²) in [4.78, 5) is 0. The number of hydrogen-bond donors (Lipinski definition) is 0. The SMILES string of the molecule is CCCCCCCCCCCC(=S)OCC(COC(=S)CCCCCCCCCCC)(COC(=S)CCCCCCCCCCC)COC(=S)CCCCCCCCCCC. The van der Waals surface area contributed by atoms with E-state index in [0.717, 1.165) is 51.4 Å². The highest BCUT2D eigenvalue weighted by atomic mass is 32.1. The average molecular weight is 930 g/mol. The monoisotopic (exact) mass is 929 g/mol. The molecular weight excluding hydrogens is 829 g/mol. The van der Waals surface area contributed by atoms with Gasteiger partial charge in [0.2, 0.25) is 0 Å². The average Bonchev–Trinajstić information content (AvgIpc) is 3.26. The van der Waals surface area contributed by atoms with Gasteiger partial charge in [0, 0.05) is 25.7 Å². The summed E-state index contributed by atoms with van der Waals surface area (Å²) >= 11 is 23.3. The lowest BCUT2D eigenvalue weighted by atomic mass is 9.92. The first kappa shape index (κ1) is 60.6. The molecule has 360 valence electrons. The molecule has 0 saturated heterocycles. The molecule has 0 aromatic heterocycles. The number of unbranched alkanes of at least 4 members (excludes halogenated alkanes) is 32. The van der Waals surface area contributed by atoms with Crippen molar-refractivity contribution in [2.24, 2.45) is 5.41 Å². The van der Waals surface area contributed by atoms with Crippen LogP contribution in [0.3, 0.4) is 0 Å². The first-order valence-corrected chi connectivity index (χ1v) is 28.1. The van der Waals surface area contributed by atoms with Crippen LogP contribution in [0.2, 0.25) is 0 Å². The third-order valence-corrected chi connectivity index (χ3v) is 13.4. The maximum absolute atomic E-state index is 6.42. The molecule has 0 radical (unpaired) electrons. The Hall–Kier alpha value is -0.440. The van der Waals surface area contributed by atoms with E-state index >= 15 is 0 Å². The minimum absolute atomic E-state index is 0.325. The van der Waals surface area contributed by atoms with Gasteiger partial charge in [-0.15, -0.1) is 0 Å². The quantitative estimate of drug-likeness (QED) is 0.0441. The molecule has 4 nitrogen and oxygen atoms in total. The number of rotatable bonds is 48. The van der Waals surface area contributed by atoms with E-state index in [9.17, 15) is 0 Å². The Morgan fingerprint density at radius 3 is 0.557 bits per heavy atom. The molecule has 0 N–H and O–H groups in total. The van der Waals surface area contributed by atoms with Gasteiger partial charge >= 0.3 is 0 Å². The Labute approximate surface area is 402 Å². The molecule has 0 saturated carbocycles. The van der Waals surface area contributed by atoms with Crippen molar-refractivity contribution in [3.63, 3.8) is 0 Å². The molecule has 0 fully saturated rings. The largest absolute Gasteiger partial charge is 0.486 e. The van der Waals surface area contributed by atoms with E-state index in [2.05, 4.69) is 27.7 Å². The topological polar surface area (TPSA) is 36.9 Å². The summed E-state index contributed by atoms with van der Waals surface area (Å²) in [6.07, 6.45) is 49.3. The van der Waals surface area contributed by atoms with Crippen molar-refractivity contribution in [1.29, 1.82) is 0 Å². The van der Waals surface area contributed by atoms with Crippen LogP contribution in [-0.4, -0.2) is 46.6 Å². The van der Waals surface area contributed by atoms with Crippen LogP contribution in [-0.2, 0) is 18.9 Å². The van der Waals surface area contributed by atoms with E-state index < -0.39 is 5.41 Å². The third-order valence-electron chi connectivity index (χ3n) is 12.1. The van der Waals surface area contributed by atoms with Crippen molar-refractivity contribution in [3.8, 4) is 0 Å². The first-order chi connectivity index (χ1) is 29.8. The van der Waals surface area contributed by atoms with Crippen LogP contribution in [0, 0.1) is 5.41 Å². The normalized spacial score (nSPS) is 11.5. The molecule has 0 atom stereocenters. The van der Waals surface area contributed by atoms with Crippen molar-refractivity contribution in [1.82, 2.24) is 0 Å². The summed E-state index contributed by atoms with van der Waals surface area (Å²) in [6, 6.07) is 0. The van der Waals surface area contributed by atoms with Gasteiger partial charge in [0.15, 0.2) is 20.2 Å². The Balaban J connectivity index is 5.45. The number of hydrogen-bond acceptors (Lipinski definition) is 8. The summed E-state index contributed by atoms with van der Waals surface area (Å²) in [5.41, 5.74) is -0.657. The van der Waals surface area contributed by atoms with Gasteiger partial charge in [-0.25, -0.2) is 0 Å². The lowest BCUT2D eigenvalue weighted by Crippen LogP contribution is -2.43. The summed E-state index contributed by atoms with van der Waals surface area (Å²) in [7, 11) is 0. The zero-order valence-corrected chi connectivity index (χ0v) is 44.1. The van der Waals surface area contributed by atoms with Crippen molar-refractivity contribution in [3.05, 3.63) is 0 Å². The zero-order valence-electron chi connectivity index (χ0n) is 40.9. The van der Waals surface area contributed by atoms with Gasteiger partial charge in [-0.05, 0) is 74.6 Å². The van der Waals surface area contributed by atoms with Crippen LogP contribution in [0.1, 0.15) is 285 Å². The minimum atomic E-state index is -0.657. The molecule has 0 amide bonds. The van der Waals surface area contributed by atoms with Gasteiger partial charge in [0.05, 0.1) is 0 Å². The standard InChI is InChI=1S/C53H100O4S4/c1-5-9-13-17-21-25-29-33-37-41-49(58)54-45-53(46-55-50(59)42-38-34-30-26-22-18-14-10-6-2,47-56-51(60)43-39-35-31-27-23-19-15-11-7-3)48-57-52(61)44-40-36-32-28-24-20-16-12-8-4/h5-48H2,1-4H3. The van der Waals surface area contributed by atoms with Crippen molar-refractivity contribution in [2.45, 2.75) is 285 Å². The lowest BCUT2D eigenvalue weighted by Gasteiger charge is -2.33. The fourth-order valence-electron chi connectivity index (χ4n) is 7.79. The summed E-state index contributed by atoms with van der Waals surface area (Å²) in [5, 5.41) is 2.61. The van der Waals surface area contributed by atoms with Crippen molar-refractivity contribution < 1.29 is 18.9 Å². The molecule has 61 heavy (non-hydrogen) atoms. The highest BCUT2D eigenvalue weighted by Crippen LogP contribution is 2.25. The minimum Gasteiger partial charge on any atom is -0.486 e. The van der Waals surface area contributed by atoms with Crippen LogP contribution in [0.15, 0.2) is 0 Å². The van der Waals surface area contributed by atoms with Crippen molar-refractivity contribution in [2.75, 3.05) is 26.4 Å². The van der Waals surface area contributed by atoms with Crippen LogP contribution in [0.4, 0.5) is 0 Å². The van der Waals surface area contributed by atoms with Gasteiger partial charge in [-0.1, -0.05) is 233 Å². The second-order valence-electron chi connectivity index (χ2n) is 18.5. The second-order valence-corrected chi connectivity index (χ2v) is 20.3. The van der Waals surface area contributed by atoms with Gasteiger partial charge in [-0.2, -0.15) is 0 Å². The van der Waals surface area contributed by atoms with E-state index in [-0.39, 0.29) is 0 Å². The summed E-state index contributed by atoms with van der Waals surface area (Å²) < 4.78 is 25.7. The van der Waals surface area contributed by atoms with E-state index in [1.165, 1.54) is 205 Å². The molecule has 0 aliphatic carbocycles. The smallest absolute Gasteiger partial charge is 0.159 e. The zero-order chi connectivity index (χ0) is 44.8. The van der Waals surface area contributed by atoms with Gasteiger partial charge in [0.25, 0.3) is 0 Å². The van der Waals surface area contributed by atoms with E-state index in [4.69, 9.17) is 67.8 Å². The molecule has 8 heteroatoms. The fourth-order valence-corrected chi connectivity index (χ4v) is 8.61. The first-order valence-electron chi connectivity index (χ1n) is 26.4. The highest BCUT2D eigenvalue weighted by Gasteiger charge is 2.36. The molecule has 0 aliphatic heterocycles. The molecular formula is C53H100O4S4. The van der Waals surface area contributed by atoms with Crippen LogP contribution < -0.4 is 0 Å². The second kappa shape index (κ2) is 47.5. The Kier molecular flexibility index (Phi) is 47.2. The van der Waals surface area contributed by atoms with Crippen LogP contribution >= 0.6 is 48.9 Å². The Morgan fingerprint density at radius 2 is 0.393 bits per heavy atom. The van der Waals surface area contributed by atoms with E-state index in [1.807, 2.05) is 0 Å². The predicted octanol–water partition coefficient (Wildman–Crippen LogP) is 19.0. The van der Waals surface area contributed by atoms with Crippen molar-refractivity contribution >= 4 is 69.1 Å². The van der Waals surface area contributed by atoms with E-state index in [1.54, 1.807) is 0 Å². The van der Waals surface area contributed by atoms with Crippen LogP contribution in [0.5, 0.6) is 0 Å². The molecule has 0 aromatic rings. The highest BCUT2D eigenvalue weighted by molar-refractivity contribution is 7.80. The molecule has 0 aliphatic rings. The van der Waals surface area contributed by atoms with Crippen LogP contribution in [0.25, 0.3) is 0 Å². The summed E-state index contributed by atoms with van der Waals surface area (Å²) in [6.45, 7) is 10.4. The maximum atomic E-state index is 6.42. The molecule has 0 rings (SSSR count). The molecule has 0 heterocycles. The third kappa shape index (κ3) is 43.2. The van der Waals surface area contributed by atoms with Gasteiger partial charge in [-0.3, -0.25) is 0 Å². The number of ether oxygens (including phenoxy) is 4. The maximum Gasteiger partial charge on any atom is 0.159 e. The lowest BCUT2D eigenvalue weighted by molar-refractivity contribution is -0.0163. The molecule has 0 unspecified atom stereocenters. The predicted molar refractivity (Wildman–Crippen MR) is 284 cm³/mol. The van der Waals surface area contributed by atoms with E-state index in [0.29, 0.717) is 46.6 Å². The Morgan fingerprint density at radius 1 is 0.246 bits per heavy atom. The molecule has 0 bridgehead atoms. The molecule has 0 aromatic carbocycles. The molecule has 0 spiro atoms. The fraction of sp³-hybridized carbons (Fsp3) is 0.925. The Bertz CT molecular complexity index is 847. The van der Waals surface area contributed by atoms with Gasteiger partial charge < -0.3 is 18.9 Å².